The highest BCUT2D eigenvalue weighted by Gasteiger charge is 2.30. The van der Waals surface area contributed by atoms with Crippen LogP contribution in [0, 0.1) is 0 Å². The van der Waals surface area contributed by atoms with Crippen molar-refractivity contribution in [3.05, 3.63) is 0 Å². The smallest absolute Gasteiger partial charge is 0.150 e. The van der Waals surface area contributed by atoms with Crippen LogP contribution in [0.2, 0.25) is 0 Å². The molecule has 0 bridgehead atoms. The van der Waals surface area contributed by atoms with E-state index in [1.54, 1.807) is 0 Å². The second-order valence-electron chi connectivity index (χ2n) is 8.48. The van der Waals surface area contributed by atoms with Crippen molar-refractivity contribution in [1.82, 2.24) is 15.1 Å². The van der Waals surface area contributed by atoms with E-state index >= 15 is 0 Å². The average molecular weight is 372 g/mol. The first-order valence-electron chi connectivity index (χ1n) is 10.4. The van der Waals surface area contributed by atoms with Crippen molar-refractivity contribution >= 4 is 9.84 Å². The average Bonchev–Trinajstić information content (AvgIpc) is 2.84. The minimum Gasteiger partial charge on any atom is -0.310 e. The van der Waals surface area contributed by atoms with Gasteiger partial charge in [0.05, 0.1) is 11.5 Å². The van der Waals surface area contributed by atoms with Gasteiger partial charge < -0.3 is 15.1 Å². The molecule has 0 spiro atoms. The van der Waals surface area contributed by atoms with Crippen LogP contribution in [-0.2, 0) is 9.84 Å². The Labute approximate surface area is 154 Å². The lowest BCUT2D eigenvalue weighted by Crippen LogP contribution is -2.51. The minimum atomic E-state index is -2.74. The van der Waals surface area contributed by atoms with Gasteiger partial charge >= 0.3 is 0 Å². The summed E-state index contributed by atoms with van der Waals surface area (Å²) in [6, 6.07) is 1.69. The molecule has 0 aromatic carbocycles. The standard InChI is InChI=1S/C19H37N3O2S/c1-17(16-21-10-4-2-3-5-11-21)20-18-6-12-22(13-7-18)19-8-14-25(23,24)15-9-19/h17-20H,2-16H2,1H3/t17-/m0/s1. The maximum Gasteiger partial charge on any atom is 0.150 e. The number of likely N-dealkylation sites (tertiary alicyclic amines) is 2. The molecule has 3 saturated heterocycles. The summed E-state index contributed by atoms with van der Waals surface area (Å²) in [6.07, 6.45) is 9.61. The molecular weight excluding hydrogens is 334 g/mol. The van der Waals surface area contributed by atoms with E-state index in [0.29, 0.717) is 29.6 Å². The lowest BCUT2D eigenvalue weighted by atomic mass is 10.00. The first-order chi connectivity index (χ1) is 12.0. The number of nitrogens with zero attached hydrogens (tertiary/aromatic N) is 2. The quantitative estimate of drug-likeness (QED) is 0.800. The summed E-state index contributed by atoms with van der Waals surface area (Å²) in [5.74, 6) is 0.783. The van der Waals surface area contributed by atoms with E-state index in [9.17, 15) is 8.42 Å². The highest BCUT2D eigenvalue weighted by Crippen LogP contribution is 2.22. The van der Waals surface area contributed by atoms with Crippen LogP contribution in [0.1, 0.15) is 58.3 Å². The lowest BCUT2D eigenvalue weighted by molar-refractivity contribution is 0.128. The molecule has 3 heterocycles. The van der Waals surface area contributed by atoms with Crippen LogP contribution in [0.25, 0.3) is 0 Å². The Bertz CT molecular complexity index is 481. The molecular formula is C19H37N3O2S. The van der Waals surface area contributed by atoms with Crippen LogP contribution in [-0.4, -0.2) is 80.6 Å². The Kier molecular flexibility index (Phi) is 7.17. The zero-order chi connectivity index (χ0) is 17.7. The molecule has 146 valence electrons. The van der Waals surface area contributed by atoms with Crippen LogP contribution in [0.15, 0.2) is 0 Å². The van der Waals surface area contributed by atoms with E-state index in [1.807, 2.05) is 0 Å². The maximum atomic E-state index is 11.6. The third kappa shape index (κ3) is 6.19. The fourth-order valence-electron chi connectivity index (χ4n) is 4.84. The van der Waals surface area contributed by atoms with Crippen molar-refractivity contribution in [2.75, 3.05) is 44.2 Å². The third-order valence-corrected chi connectivity index (χ3v) is 8.04. The third-order valence-electron chi connectivity index (χ3n) is 6.32. The molecule has 25 heavy (non-hydrogen) atoms. The maximum absolute atomic E-state index is 11.6. The van der Waals surface area contributed by atoms with Gasteiger partial charge in [0.2, 0.25) is 0 Å². The summed E-state index contributed by atoms with van der Waals surface area (Å²) in [5.41, 5.74) is 0. The molecule has 6 heteroatoms. The van der Waals surface area contributed by atoms with E-state index in [-0.39, 0.29) is 0 Å². The van der Waals surface area contributed by atoms with Crippen LogP contribution in [0.3, 0.4) is 0 Å². The molecule has 0 aromatic heterocycles. The van der Waals surface area contributed by atoms with Gasteiger partial charge in [-0.05, 0) is 71.6 Å². The van der Waals surface area contributed by atoms with Crippen LogP contribution < -0.4 is 5.32 Å². The van der Waals surface area contributed by atoms with Gasteiger partial charge in [-0.1, -0.05) is 12.8 Å². The Balaban J connectivity index is 1.36. The molecule has 5 nitrogen and oxygen atoms in total. The van der Waals surface area contributed by atoms with E-state index < -0.39 is 9.84 Å². The zero-order valence-corrected chi connectivity index (χ0v) is 16.8. The number of nitrogens with one attached hydrogen (secondary N) is 1. The van der Waals surface area contributed by atoms with Crippen LogP contribution >= 0.6 is 0 Å². The van der Waals surface area contributed by atoms with Crippen molar-refractivity contribution in [2.45, 2.75) is 76.4 Å². The van der Waals surface area contributed by atoms with Gasteiger partial charge in [0, 0.05) is 24.7 Å². The number of hydrogen-bond donors (Lipinski definition) is 1. The normalized spacial score (nSPS) is 29.3. The molecule has 0 aliphatic carbocycles. The SMILES string of the molecule is C[C@@H](CN1CCCCCC1)NC1CCN(C2CCS(=O)(=O)CC2)CC1. The Morgan fingerprint density at radius 1 is 0.920 bits per heavy atom. The predicted molar refractivity (Wildman–Crippen MR) is 104 cm³/mol. The van der Waals surface area contributed by atoms with Gasteiger partial charge in [0.1, 0.15) is 9.84 Å². The number of hydrogen-bond acceptors (Lipinski definition) is 5. The highest BCUT2D eigenvalue weighted by atomic mass is 32.2. The fraction of sp³-hybridized carbons (Fsp3) is 1.00. The molecule has 0 saturated carbocycles. The van der Waals surface area contributed by atoms with E-state index in [0.717, 1.165) is 25.9 Å². The van der Waals surface area contributed by atoms with Crippen molar-refractivity contribution in [2.24, 2.45) is 0 Å². The lowest BCUT2D eigenvalue weighted by Gasteiger charge is -2.40. The fourth-order valence-corrected chi connectivity index (χ4v) is 6.30. The molecule has 1 atom stereocenters. The van der Waals surface area contributed by atoms with Gasteiger partial charge in [0.15, 0.2) is 0 Å². The molecule has 3 rings (SSSR count). The Hall–Kier alpha value is -0.170. The van der Waals surface area contributed by atoms with Gasteiger partial charge in [-0.25, -0.2) is 8.42 Å². The van der Waals surface area contributed by atoms with Gasteiger partial charge in [-0.3, -0.25) is 0 Å². The van der Waals surface area contributed by atoms with E-state index in [2.05, 4.69) is 22.0 Å². The predicted octanol–water partition coefficient (Wildman–Crippen LogP) is 1.88. The summed E-state index contributed by atoms with van der Waals surface area (Å²) in [5, 5.41) is 3.86. The summed E-state index contributed by atoms with van der Waals surface area (Å²) >= 11 is 0. The topological polar surface area (TPSA) is 52.6 Å². The summed E-state index contributed by atoms with van der Waals surface area (Å²) in [4.78, 5) is 5.19. The molecule has 3 fully saturated rings. The second kappa shape index (κ2) is 9.16. The molecule has 3 aliphatic heterocycles. The van der Waals surface area contributed by atoms with Crippen LogP contribution in [0.4, 0.5) is 0 Å². The molecule has 1 N–H and O–H groups in total. The van der Waals surface area contributed by atoms with E-state index in [1.165, 1.54) is 58.2 Å². The molecule has 0 unspecified atom stereocenters. The van der Waals surface area contributed by atoms with Gasteiger partial charge in [0.25, 0.3) is 0 Å². The number of piperidine rings is 1. The molecule has 0 radical (unpaired) electrons. The zero-order valence-electron chi connectivity index (χ0n) is 16.0. The minimum absolute atomic E-state index is 0.392. The van der Waals surface area contributed by atoms with Crippen molar-refractivity contribution in [1.29, 1.82) is 0 Å². The Morgan fingerprint density at radius 3 is 2.12 bits per heavy atom. The van der Waals surface area contributed by atoms with Gasteiger partial charge in [-0.2, -0.15) is 0 Å². The van der Waals surface area contributed by atoms with Crippen molar-refractivity contribution in [3.8, 4) is 0 Å². The summed E-state index contributed by atoms with van der Waals surface area (Å²) < 4.78 is 23.2. The first-order valence-corrected chi connectivity index (χ1v) is 12.3. The van der Waals surface area contributed by atoms with Gasteiger partial charge in [-0.15, -0.1) is 0 Å². The van der Waals surface area contributed by atoms with Crippen LogP contribution in [0.5, 0.6) is 0 Å². The largest absolute Gasteiger partial charge is 0.310 e. The summed E-state index contributed by atoms with van der Waals surface area (Å²) in [7, 11) is -2.74. The second-order valence-corrected chi connectivity index (χ2v) is 10.8. The number of rotatable bonds is 5. The molecule has 3 aliphatic rings. The molecule has 0 aromatic rings. The van der Waals surface area contributed by atoms with E-state index in [4.69, 9.17) is 0 Å². The van der Waals surface area contributed by atoms with Crippen molar-refractivity contribution in [3.63, 3.8) is 0 Å². The van der Waals surface area contributed by atoms with Crippen molar-refractivity contribution < 1.29 is 8.42 Å². The summed E-state index contributed by atoms with van der Waals surface area (Å²) in [6.45, 7) is 8.31. The Morgan fingerprint density at radius 2 is 1.52 bits per heavy atom. The number of sulfone groups is 1. The molecule has 0 amide bonds. The monoisotopic (exact) mass is 371 g/mol. The highest BCUT2D eigenvalue weighted by molar-refractivity contribution is 7.91. The first kappa shape index (κ1) is 19.6.